The van der Waals surface area contributed by atoms with Crippen LogP contribution in [0.3, 0.4) is 0 Å². The van der Waals surface area contributed by atoms with Gasteiger partial charge in [0, 0.05) is 23.4 Å². The van der Waals surface area contributed by atoms with Crippen LogP contribution in [0.5, 0.6) is 5.75 Å². The molecule has 5 heteroatoms. The number of rotatable bonds is 7. The van der Waals surface area contributed by atoms with E-state index >= 15 is 0 Å². The van der Waals surface area contributed by atoms with Gasteiger partial charge in [0.05, 0.1) is 7.11 Å². The molecule has 28 heavy (non-hydrogen) atoms. The number of methoxy groups -OCH3 is 1. The van der Waals surface area contributed by atoms with Gasteiger partial charge in [-0.1, -0.05) is 30.3 Å². The van der Waals surface area contributed by atoms with Crippen molar-refractivity contribution >= 4 is 5.97 Å². The molecule has 0 saturated carbocycles. The molecule has 4 nitrogen and oxygen atoms in total. The molecule has 0 fully saturated rings. The highest BCUT2D eigenvalue weighted by molar-refractivity contribution is 5.75. The van der Waals surface area contributed by atoms with Gasteiger partial charge in [0.25, 0.3) is 0 Å². The number of aromatic nitrogens is 1. The van der Waals surface area contributed by atoms with Crippen LogP contribution in [0.25, 0.3) is 0 Å². The third-order valence-electron chi connectivity index (χ3n) is 4.82. The maximum Gasteiger partial charge on any atom is 0.329 e. The Bertz CT molecular complexity index is 927. The molecule has 0 N–H and O–H groups in total. The number of hydrogen-bond acceptors (Lipinski definition) is 3. The van der Waals surface area contributed by atoms with Crippen LogP contribution in [0.4, 0.5) is 4.39 Å². The summed E-state index contributed by atoms with van der Waals surface area (Å²) in [6.07, 6.45) is 0.511. The fourth-order valence-electron chi connectivity index (χ4n) is 3.31. The van der Waals surface area contributed by atoms with E-state index in [1.165, 1.54) is 13.2 Å². The Labute approximate surface area is 164 Å². The van der Waals surface area contributed by atoms with Crippen LogP contribution < -0.4 is 4.74 Å². The second-order valence-corrected chi connectivity index (χ2v) is 6.75. The largest absolute Gasteiger partial charge is 0.489 e. The van der Waals surface area contributed by atoms with E-state index in [9.17, 15) is 9.18 Å². The summed E-state index contributed by atoms with van der Waals surface area (Å²) in [5, 5.41) is 0. The van der Waals surface area contributed by atoms with Crippen molar-refractivity contribution in [1.82, 2.24) is 4.57 Å². The van der Waals surface area contributed by atoms with Gasteiger partial charge in [-0.3, -0.25) is 0 Å². The standard InChI is InChI=1S/C23H24FNO3/c1-16-8-9-17(2)25(16)22(23(26)27-3)14-18-10-12-20(13-11-18)28-15-19-6-4-5-7-21(19)24/h4-13,22H,14-15H2,1-3H3/t22-/m0/s1. The molecule has 0 amide bonds. The fourth-order valence-corrected chi connectivity index (χ4v) is 3.31. The minimum Gasteiger partial charge on any atom is -0.489 e. The minimum absolute atomic E-state index is 0.165. The average Bonchev–Trinajstić information content (AvgIpc) is 3.04. The summed E-state index contributed by atoms with van der Waals surface area (Å²) in [4.78, 5) is 12.4. The SMILES string of the molecule is COC(=O)[C@H](Cc1ccc(OCc2ccccc2F)cc1)n1c(C)ccc1C. The van der Waals surface area contributed by atoms with Crippen molar-refractivity contribution in [1.29, 1.82) is 0 Å². The average molecular weight is 381 g/mol. The predicted octanol–water partition coefficient (Wildman–Crippen LogP) is 4.78. The van der Waals surface area contributed by atoms with Crippen molar-refractivity contribution in [3.05, 3.63) is 89.0 Å². The summed E-state index contributed by atoms with van der Waals surface area (Å²) in [7, 11) is 1.41. The summed E-state index contributed by atoms with van der Waals surface area (Å²) in [6, 6.07) is 17.6. The van der Waals surface area contributed by atoms with Gasteiger partial charge < -0.3 is 14.0 Å². The lowest BCUT2D eigenvalue weighted by atomic mass is 10.0. The smallest absolute Gasteiger partial charge is 0.329 e. The van der Waals surface area contributed by atoms with Crippen LogP contribution in [-0.2, 0) is 22.6 Å². The zero-order valence-corrected chi connectivity index (χ0v) is 16.3. The van der Waals surface area contributed by atoms with Gasteiger partial charge in [0.2, 0.25) is 0 Å². The molecule has 3 aromatic rings. The molecule has 0 unspecified atom stereocenters. The molecule has 1 atom stereocenters. The van der Waals surface area contributed by atoms with E-state index in [0.29, 0.717) is 17.7 Å². The van der Waals surface area contributed by atoms with E-state index in [1.54, 1.807) is 18.2 Å². The molecule has 2 aromatic carbocycles. The highest BCUT2D eigenvalue weighted by Gasteiger charge is 2.24. The van der Waals surface area contributed by atoms with Gasteiger partial charge in [-0.25, -0.2) is 9.18 Å². The number of hydrogen-bond donors (Lipinski definition) is 0. The third-order valence-corrected chi connectivity index (χ3v) is 4.82. The molecule has 146 valence electrons. The Morgan fingerprint density at radius 2 is 1.64 bits per heavy atom. The van der Waals surface area contributed by atoms with Crippen molar-refractivity contribution in [3.8, 4) is 5.75 Å². The van der Waals surface area contributed by atoms with Crippen LogP contribution in [-0.4, -0.2) is 17.6 Å². The zero-order chi connectivity index (χ0) is 20.1. The van der Waals surface area contributed by atoms with Crippen molar-refractivity contribution in [2.24, 2.45) is 0 Å². The third kappa shape index (κ3) is 4.42. The van der Waals surface area contributed by atoms with E-state index in [-0.39, 0.29) is 18.4 Å². The van der Waals surface area contributed by atoms with Crippen LogP contribution in [0.15, 0.2) is 60.7 Å². The Kier molecular flexibility index (Phi) is 6.14. The number of nitrogens with zero attached hydrogens (tertiary/aromatic N) is 1. The van der Waals surface area contributed by atoms with Gasteiger partial charge in [-0.05, 0) is 49.7 Å². The quantitative estimate of drug-likeness (QED) is 0.553. The Morgan fingerprint density at radius 1 is 1.00 bits per heavy atom. The Morgan fingerprint density at radius 3 is 2.25 bits per heavy atom. The van der Waals surface area contributed by atoms with E-state index < -0.39 is 6.04 Å². The summed E-state index contributed by atoms with van der Waals surface area (Å²) < 4.78 is 26.4. The first kappa shape index (κ1) is 19.7. The second kappa shape index (κ2) is 8.74. The molecular formula is C23H24FNO3. The first-order valence-electron chi connectivity index (χ1n) is 9.17. The normalized spacial score (nSPS) is 11.9. The molecule has 0 bridgehead atoms. The maximum absolute atomic E-state index is 13.7. The van der Waals surface area contributed by atoms with Gasteiger partial charge >= 0.3 is 5.97 Å². The number of esters is 1. The summed E-state index contributed by atoms with van der Waals surface area (Å²) in [6.45, 7) is 4.11. The Hall–Kier alpha value is -3.08. The number of carbonyl (C=O) groups excluding carboxylic acids is 1. The van der Waals surface area contributed by atoms with Gasteiger partial charge in [0.1, 0.15) is 24.2 Å². The monoisotopic (exact) mass is 381 g/mol. The van der Waals surface area contributed by atoms with E-state index in [4.69, 9.17) is 9.47 Å². The summed E-state index contributed by atoms with van der Waals surface area (Å²) >= 11 is 0. The fraction of sp³-hybridized carbons (Fsp3) is 0.261. The van der Waals surface area contributed by atoms with Gasteiger partial charge in [-0.15, -0.1) is 0 Å². The lowest BCUT2D eigenvalue weighted by Gasteiger charge is -2.20. The summed E-state index contributed by atoms with van der Waals surface area (Å²) in [5.74, 6) is 0.0923. The van der Waals surface area contributed by atoms with Crippen LogP contribution in [0, 0.1) is 19.7 Å². The maximum atomic E-state index is 13.7. The highest BCUT2D eigenvalue weighted by atomic mass is 19.1. The number of benzene rings is 2. The molecule has 0 spiro atoms. The number of halogens is 1. The van der Waals surface area contributed by atoms with Crippen molar-refractivity contribution in [3.63, 3.8) is 0 Å². The van der Waals surface area contributed by atoms with Gasteiger partial charge in [0.15, 0.2) is 0 Å². The van der Waals surface area contributed by atoms with E-state index in [2.05, 4.69) is 0 Å². The molecule has 0 aliphatic heterocycles. The van der Waals surface area contributed by atoms with Crippen molar-refractivity contribution in [2.75, 3.05) is 7.11 Å². The predicted molar refractivity (Wildman–Crippen MR) is 106 cm³/mol. The lowest BCUT2D eigenvalue weighted by molar-refractivity contribution is -0.144. The summed E-state index contributed by atoms with van der Waals surface area (Å²) in [5.41, 5.74) is 3.52. The number of carbonyl (C=O) groups is 1. The van der Waals surface area contributed by atoms with Crippen LogP contribution in [0.2, 0.25) is 0 Å². The first-order valence-corrected chi connectivity index (χ1v) is 9.17. The minimum atomic E-state index is -0.426. The van der Waals surface area contributed by atoms with Crippen molar-refractivity contribution < 1.29 is 18.7 Å². The van der Waals surface area contributed by atoms with Crippen molar-refractivity contribution in [2.45, 2.75) is 32.9 Å². The topological polar surface area (TPSA) is 40.5 Å². The molecular weight excluding hydrogens is 357 g/mol. The molecule has 1 heterocycles. The molecule has 0 saturated heterocycles. The van der Waals surface area contributed by atoms with Gasteiger partial charge in [-0.2, -0.15) is 0 Å². The first-order chi connectivity index (χ1) is 13.5. The van der Waals surface area contributed by atoms with E-state index in [0.717, 1.165) is 17.0 Å². The van der Waals surface area contributed by atoms with E-state index in [1.807, 2.05) is 54.8 Å². The molecule has 3 rings (SSSR count). The lowest BCUT2D eigenvalue weighted by Crippen LogP contribution is -2.24. The van der Waals surface area contributed by atoms with Crippen LogP contribution >= 0.6 is 0 Å². The molecule has 0 aliphatic rings. The Balaban J connectivity index is 1.71. The molecule has 0 aliphatic carbocycles. The number of ether oxygens (including phenoxy) is 2. The number of aryl methyl sites for hydroxylation is 2. The second-order valence-electron chi connectivity index (χ2n) is 6.75. The molecule has 0 radical (unpaired) electrons. The van der Waals surface area contributed by atoms with Crippen LogP contribution in [0.1, 0.15) is 28.6 Å². The molecule has 1 aromatic heterocycles. The zero-order valence-electron chi connectivity index (χ0n) is 16.3. The highest BCUT2D eigenvalue weighted by Crippen LogP contribution is 2.23.